The Hall–Kier alpha value is -0.0800. The molecule has 1 unspecified atom stereocenters. The summed E-state index contributed by atoms with van der Waals surface area (Å²) < 4.78 is 5.48. The van der Waals surface area contributed by atoms with Crippen LogP contribution in [0.2, 0.25) is 0 Å². The van der Waals surface area contributed by atoms with Gasteiger partial charge in [-0.2, -0.15) is 0 Å². The monoisotopic (exact) mass is 215 g/mol. The van der Waals surface area contributed by atoms with Crippen LogP contribution in [0, 0.1) is 5.92 Å². The van der Waals surface area contributed by atoms with Gasteiger partial charge in [0.05, 0.1) is 6.10 Å². The molecule has 0 aromatic rings. The van der Waals surface area contributed by atoms with Gasteiger partial charge in [0, 0.05) is 6.61 Å². The summed E-state index contributed by atoms with van der Waals surface area (Å²) in [6.07, 6.45) is 5.41. The van der Waals surface area contributed by atoms with Crippen molar-refractivity contribution in [1.82, 2.24) is 5.32 Å². The first kappa shape index (κ1) is 14.9. The Morgan fingerprint density at radius 2 is 1.87 bits per heavy atom. The van der Waals surface area contributed by atoms with Gasteiger partial charge in [-0.05, 0) is 52.1 Å². The van der Waals surface area contributed by atoms with Gasteiger partial charge in [-0.1, -0.05) is 20.3 Å². The summed E-state index contributed by atoms with van der Waals surface area (Å²) in [5.41, 5.74) is 0. The van der Waals surface area contributed by atoms with Gasteiger partial charge in [0.25, 0.3) is 0 Å². The summed E-state index contributed by atoms with van der Waals surface area (Å²) in [7, 11) is 0. The molecule has 0 saturated heterocycles. The van der Waals surface area contributed by atoms with Crippen molar-refractivity contribution in [2.45, 2.75) is 59.5 Å². The van der Waals surface area contributed by atoms with Crippen molar-refractivity contribution >= 4 is 0 Å². The van der Waals surface area contributed by atoms with Gasteiger partial charge in [0.1, 0.15) is 0 Å². The van der Waals surface area contributed by atoms with Gasteiger partial charge >= 0.3 is 0 Å². The van der Waals surface area contributed by atoms with E-state index in [4.69, 9.17) is 4.74 Å². The van der Waals surface area contributed by atoms with E-state index >= 15 is 0 Å². The van der Waals surface area contributed by atoms with Crippen LogP contribution < -0.4 is 5.32 Å². The minimum Gasteiger partial charge on any atom is -0.379 e. The summed E-state index contributed by atoms with van der Waals surface area (Å²) in [5, 5.41) is 3.50. The Bertz CT molecular complexity index is 126. The highest BCUT2D eigenvalue weighted by molar-refractivity contribution is 4.56. The molecule has 2 nitrogen and oxygen atoms in total. The van der Waals surface area contributed by atoms with Crippen molar-refractivity contribution in [2.75, 3.05) is 19.7 Å². The molecule has 0 aliphatic rings. The highest BCUT2D eigenvalue weighted by Crippen LogP contribution is 2.02. The van der Waals surface area contributed by atoms with Crippen LogP contribution in [0.15, 0.2) is 0 Å². The van der Waals surface area contributed by atoms with Crippen LogP contribution in [-0.4, -0.2) is 25.8 Å². The Balaban J connectivity index is 3.04. The third kappa shape index (κ3) is 11.8. The molecule has 0 aromatic heterocycles. The summed E-state index contributed by atoms with van der Waals surface area (Å²) >= 11 is 0. The number of nitrogens with one attached hydrogen (secondary N) is 1. The molecule has 15 heavy (non-hydrogen) atoms. The summed E-state index contributed by atoms with van der Waals surface area (Å²) in [6, 6.07) is 0. The fraction of sp³-hybridized carbons (Fsp3) is 1.00. The second-order valence-electron chi connectivity index (χ2n) is 4.72. The Morgan fingerprint density at radius 1 is 1.13 bits per heavy atom. The van der Waals surface area contributed by atoms with E-state index in [0.29, 0.717) is 6.10 Å². The molecule has 1 atom stereocenters. The van der Waals surface area contributed by atoms with Crippen LogP contribution >= 0.6 is 0 Å². The van der Waals surface area contributed by atoms with Crippen molar-refractivity contribution in [3.05, 3.63) is 0 Å². The third-order valence-electron chi connectivity index (χ3n) is 2.47. The van der Waals surface area contributed by atoms with Crippen LogP contribution in [0.5, 0.6) is 0 Å². The lowest BCUT2D eigenvalue weighted by atomic mass is 10.1. The molecule has 0 saturated carbocycles. The van der Waals surface area contributed by atoms with E-state index in [9.17, 15) is 0 Å². The molecule has 0 bridgehead atoms. The topological polar surface area (TPSA) is 21.3 Å². The zero-order valence-corrected chi connectivity index (χ0v) is 11.0. The maximum atomic E-state index is 5.48. The lowest BCUT2D eigenvalue weighted by molar-refractivity contribution is 0.0760. The van der Waals surface area contributed by atoms with Crippen LogP contribution in [0.4, 0.5) is 0 Å². The van der Waals surface area contributed by atoms with Crippen molar-refractivity contribution in [3.63, 3.8) is 0 Å². The van der Waals surface area contributed by atoms with Crippen LogP contribution in [0.1, 0.15) is 53.4 Å². The molecule has 0 fully saturated rings. The Kier molecular flexibility index (Phi) is 10.4. The van der Waals surface area contributed by atoms with Crippen molar-refractivity contribution in [2.24, 2.45) is 5.92 Å². The zero-order chi connectivity index (χ0) is 11.5. The number of unbranched alkanes of at least 4 members (excludes halogenated alkanes) is 1. The first-order valence-electron chi connectivity index (χ1n) is 6.49. The first-order chi connectivity index (χ1) is 7.16. The second-order valence-corrected chi connectivity index (χ2v) is 4.72. The Morgan fingerprint density at radius 3 is 2.47 bits per heavy atom. The number of rotatable bonds is 10. The molecular formula is C13H29NO. The van der Waals surface area contributed by atoms with Gasteiger partial charge in [-0.25, -0.2) is 0 Å². The molecule has 2 heteroatoms. The van der Waals surface area contributed by atoms with E-state index < -0.39 is 0 Å². The summed E-state index contributed by atoms with van der Waals surface area (Å²) in [4.78, 5) is 0. The van der Waals surface area contributed by atoms with E-state index in [1.807, 2.05) is 0 Å². The molecule has 0 heterocycles. The predicted octanol–water partition coefficient (Wildman–Crippen LogP) is 3.22. The molecule has 0 aromatic carbocycles. The minimum atomic E-state index is 0.377. The largest absolute Gasteiger partial charge is 0.379 e. The first-order valence-corrected chi connectivity index (χ1v) is 6.49. The van der Waals surface area contributed by atoms with Crippen molar-refractivity contribution in [1.29, 1.82) is 0 Å². The molecule has 0 amide bonds. The number of hydrogen-bond donors (Lipinski definition) is 1. The smallest absolute Gasteiger partial charge is 0.0518 e. The van der Waals surface area contributed by atoms with Crippen LogP contribution in [0.25, 0.3) is 0 Å². The average Bonchev–Trinajstić information content (AvgIpc) is 2.16. The molecule has 1 N–H and O–H groups in total. The minimum absolute atomic E-state index is 0.377. The van der Waals surface area contributed by atoms with Crippen LogP contribution in [0.3, 0.4) is 0 Å². The van der Waals surface area contributed by atoms with Gasteiger partial charge in [-0.3, -0.25) is 0 Å². The highest BCUT2D eigenvalue weighted by atomic mass is 16.5. The SMILES string of the molecule is CCCC(C)CNCCCCOC(C)C. The quantitative estimate of drug-likeness (QED) is 0.565. The van der Waals surface area contributed by atoms with E-state index in [1.165, 1.54) is 32.2 Å². The lowest BCUT2D eigenvalue weighted by Gasteiger charge is -2.11. The van der Waals surface area contributed by atoms with Gasteiger partial charge in [0.2, 0.25) is 0 Å². The fourth-order valence-electron chi connectivity index (χ4n) is 1.61. The van der Waals surface area contributed by atoms with Gasteiger partial charge in [-0.15, -0.1) is 0 Å². The highest BCUT2D eigenvalue weighted by Gasteiger charge is 1.99. The van der Waals surface area contributed by atoms with Gasteiger partial charge < -0.3 is 10.1 Å². The van der Waals surface area contributed by atoms with E-state index in [1.54, 1.807) is 0 Å². The number of ether oxygens (including phenoxy) is 1. The van der Waals surface area contributed by atoms with E-state index in [2.05, 4.69) is 33.0 Å². The standard InChI is InChI=1S/C13H29NO/c1-5-8-13(4)11-14-9-6-7-10-15-12(2)3/h12-14H,5-11H2,1-4H3. The molecule has 92 valence electrons. The zero-order valence-electron chi connectivity index (χ0n) is 11.0. The summed E-state index contributed by atoms with van der Waals surface area (Å²) in [5.74, 6) is 0.821. The second kappa shape index (κ2) is 10.4. The fourth-order valence-corrected chi connectivity index (χ4v) is 1.61. The molecule has 0 spiro atoms. The Labute approximate surface area is 95.8 Å². The van der Waals surface area contributed by atoms with E-state index in [0.717, 1.165) is 19.1 Å². The molecule has 0 aliphatic carbocycles. The molecular weight excluding hydrogens is 186 g/mol. The number of hydrogen-bond acceptors (Lipinski definition) is 2. The maximum Gasteiger partial charge on any atom is 0.0518 e. The predicted molar refractivity (Wildman–Crippen MR) is 67.3 cm³/mol. The molecule has 0 aliphatic heterocycles. The van der Waals surface area contributed by atoms with Crippen LogP contribution in [-0.2, 0) is 4.74 Å². The average molecular weight is 215 g/mol. The lowest BCUT2D eigenvalue weighted by Crippen LogP contribution is -2.22. The third-order valence-corrected chi connectivity index (χ3v) is 2.47. The molecule has 0 radical (unpaired) electrons. The van der Waals surface area contributed by atoms with Crippen molar-refractivity contribution < 1.29 is 4.74 Å². The van der Waals surface area contributed by atoms with Gasteiger partial charge in [0.15, 0.2) is 0 Å². The summed E-state index contributed by atoms with van der Waals surface area (Å²) in [6.45, 7) is 12.0. The normalized spacial score (nSPS) is 13.4. The van der Waals surface area contributed by atoms with E-state index in [-0.39, 0.29) is 0 Å². The molecule has 0 rings (SSSR count). The maximum absolute atomic E-state index is 5.48. The van der Waals surface area contributed by atoms with Crippen molar-refractivity contribution in [3.8, 4) is 0 Å².